The molecule has 3 rings (SSSR count). The maximum atomic E-state index is 11.1. The smallest absolute Gasteiger partial charge is 0.341 e. The Kier molecular flexibility index (Phi) is 3.78. The van der Waals surface area contributed by atoms with Crippen molar-refractivity contribution in [1.29, 1.82) is 0 Å². The first-order chi connectivity index (χ1) is 10.7. The van der Waals surface area contributed by atoms with Crippen LogP contribution < -0.4 is 4.74 Å². The third-order valence-corrected chi connectivity index (χ3v) is 2.93. The zero-order chi connectivity index (χ0) is 15.4. The summed E-state index contributed by atoms with van der Waals surface area (Å²) in [6.45, 7) is 0. The number of nitrogens with zero attached hydrogens (tertiary/aromatic N) is 3. The lowest BCUT2D eigenvalue weighted by Crippen LogP contribution is -2.02. The van der Waals surface area contributed by atoms with Crippen LogP contribution in [0.3, 0.4) is 0 Å². The van der Waals surface area contributed by atoms with E-state index in [9.17, 15) is 4.79 Å². The van der Waals surface area contributed by atoms with Crippen molar-refractivity contribution in [3.63, 3.8) is 0 Å². The molecule has 1 aromatic carbocycles. The second kappa shape index (κ2) is 6.04. The molecule has 0 saturated carbocycles. The first-order valence-electron chi connectivity index (χ1n) is 6.45. The number of aromatic nitrogens is 3. The summed E-state index contributed by atoms with van der Waals surface area (Å²) >= 11 is 0. The molecule has 0 atom stereocenters. The lowest BCUT2D eigenvalue weighted by molar-refractivity contribution is 0.0693. The first kappa shape index (κ1) is 13.7. The molecular formula is C15H11N3O4. The normalized spacial score (nSPS) is 10.4. The van der Waals surface area contributed by atoms with E-state index in [4.69, 9.17) is 14.5 Å². The number of aromatic carboxylic acids is 1. The summed E-state index contributed by atoms with van der Waals surface area (Å²) in [5.41, 5.74) is 1.41. The average molecular weight is 297 g/mol. The largest absolute Gasteiger partial charge is 0.477 e. The number of benzene rings is 1. The lowest BCUT2D eigenvalue weighted by Gasteiger charge is -2.05. The maximum absolute atomic E-state index is 11.1. The van der Waals surface area contributed by atoms with E-state index < -0.39 is 5.97 Å². The van der Waals surface area contributed by atoms with Gasteiger partial charge in [0.2, 0.25) is 5.88 Å². The quantitative estimate of drug-likeness (QED) is 0.772. The van der Waals surface area contributed by atoms with Crippen molar-refractivity contribution >= 4 is 5.97 Å². The molecule has 3 aromatic rings. The molecule has 0 aliphatic rings. The van der Waals surface area contributed by atoms with E-state index in [1.165, 1.54) is 18.3 Å². The van der Waals surface area contributed by atoms with Gasteiger partial charge in [0, 0.05) is 12.6 Å². The molecular weight excluding hydrogens is 286 g/mol. The number of pyridine rings is 1. The number of carboxylic acid groups (broad SMARTS) is 1. The highest BCUT2D eigenvalue weighted by Gasteiger charge is 2.18. The fraction of sp³-hybridized carbons (Fsp3) is 0.0667. The van der Waals surface area contributed by atoms with Crippen molar-refractivity contribution in [3.8, 4) is 11.8 Å². The average Bonchev–Trinajstić information content (AvgIpc) is 2.96. The van der Waals surface area contributed by atoms with Gasteiger partial charge >= 0.3 is 5.97 Å². The predicted octanol–water partition coefficient (Wildman–Crippen LogP) is 2.55. The van der Waals surface area contributed by atoms with Gasteiger partial charge < -0.3 is 9.84 Å². The van der Waals surface area contributed by atoms with Gasteiger partial charge in [-0.1, -0.05) is 35.5 Å². The number of carboxylic acids is 1. The van der Waals surface area contributed by atoms with Crippen LogP contribution in [0.25, 0.3) is 0 Å². The zero-order valence-corrected chi connectivity index (χ0v) is 11.3. The van der Waals surface area contributed by atoms with Crippen molar-refractivity contribution in [2.75, 3.05) is 0 Å². The van der Waals surface area contributed by atoms with E-state index in [2.05, 4.69) is 15.3 Å². The Bertz CT molecular complexity index is 786. The Labute approximate surface area is 125 Å². The molecule has 0 spiro atoms. The van der Waals surface area contributed by atoms with Crippen LogP contribution in [0.2, 0.25) is 0 Å². The summed E-state index contributed by atoms with van der Waals surface area (Å²) in [6.07, 6.45) is 1.89. The van der Waals surface area contributed by atoms with Crippen LogP contribution in [0, 0.1) is 0 Å². The molecule has 0 unspecified atom stereocenters. The molecule has 0 aliphatic carbocycles. The minimum Gasteiger partial charge on any atom is -0.477 e. The Morgan fingerprint density at radius 2 is 1.91 bits per heavy atom. The summed E-state index contributed by atoms with van der Waals surface area (Å²) in [4.78, 5) is 15.1. The summed E-state index contributed by atoms with van der Waals surface area (Å²) in [5.74, 6) is -1.09. The molecule has 22 heavy (non-hydrogen) atoms. The maximum Gasteiger partial charge on any atom is 0.341 e. The van der Waals surface area contributed by atoms with Gasteiger partial charge in [0.15, 0.2) is 5.69 Å². The number of ether oxygens (including phenoxy) is 1. The zero-order valence-electron chi connectivity index (χ0n) is 11.3. The summed E-state index contributed by atoms with van der Waals surface area (Å²) in [6, 6.07) is 12.5. The Morgan fingerprint density at radius 3 is 2.68 bits per heavy atom. The molecule has 0 amide bonds. The van der Waals surface area contributed by atoms with E-state index in [0.29, 0.717) is 12.1 Å². The van der Waals surface area contributed by atoms with E-state index in [0.717, 1.165) is 5.56 Å². The van der Waals surface area contributed by atoms with Crippen LogP contribution in [-0.4, -0.2) is 26.4 Å². The van der Waals surface area contributed by atoms with Crippen molar-refractivity contribution in [2.24, 2.45) is 0 Å². The van der Waals surface area contributed by atoms with Crippen LogP contribution in [0.5, 0.6) is 11.8 Å². The van der Waals surface area contributed by atoms with Crippen LogP contribution in [0.1, 0.15) is 21.6 Å². The highest BCUT2D eigenvalue weighted by atomic mass is 16.6. The van der Waals surface area contributed by atoms with E-state index in [1.54, 1.807) is 0 Å². The van der Waals surface area contributed by atoms with Gasteiger partial charge in [-0.05, 0) is 22.9 Å². The number of hydrogen-bond acceptors (Lipinski definition) is 6. The molecule has 7 heteroatoms. The Morgan fingerprint density at radius 1 is 1.09 bits per heavy atom. The van der Waals surface area contributed by atoms with Crippen molar-refractivity contribution in [1.82, 2.24) is 15.3 Å². The van der Waals surface area contributed by atoms with E-state index in [-0.39, 0.29) is 17.3 Å². The molecule has 110 valence electrons. The minimum absolute atomic E-state index is 0.0555. The number of carbonyl (C=O) groups is 1. The second-order valence-electron chi connectivity index (χ2n) is 4.44. The highest BCUT2D eigenvalue weighted by molar-refractivity contribution is 5.90. The summed E-state index contributed by atoms with van der Waals surface area (Å²) < 4.78 is 10.1. The minimum atomic E-state index is -1.14. The molecule has 0 bridgehead atoms. The fourth-order valence-corrected chi connectivity index (χ4v) is 1.90. The van der Waals surface area contributed by atoms with Gasteiger partial charge in [-0.3, -0.25) is 0 Å². The molecule has 0 fully saturated rings. The lowest BCUT2D eigenvalue weighted by atomic mass is 10.1. The standard InChI is InChI=1S/C15H11N3O4/c19-15(20)11-7-4-8-16-13(11)21-14-12(17-22-18-14)9-10-5-2-1-3-6-10/h1-8H,9H2,(H,19,20). The molecule has 2 aromatic heterocycles. The van der Waals surface area contributed by atoms with E-state index >= 15 is 0 Å². The highest BCUT2D eigenvalue weighted by Crippen LogP contribution is 2.25. The molecule has 2 heterocycles. The van der Waals surface area contributed by atoms with Gasteiger partial charge in [-0.15, -0.1) is 0 Å². The van der Waals surface area contributed by atoms with Crippen molar-refractivity contribution < 1.29 is 19.3 Å². The second-order valence-corrected chi connectivity index (χ2v) is 4.44. The van der Waals surface area contributed by atoms with Crippen molar-refractivity contribution in [2.45, 2.75) is 6.42 Å². The van der Waals surface area contributed by atoms with Crippen LogP contribution in [-0.2, 0) is 6.42 Å². The molecule has 7 nitrogen and oxygen atoms in total. The van der Waals surface area contributed by atoms with Crippen LogP contribution in [0.4, 0.5) is 0 Å². The molecule has 1 N–H and O–H groups in total. The summed E-state index contributed by atoms with van der Waals surface area (Å²) in [7, 11) is 0. The SMILES string of the molecule is O=C(O)c1cccnc1Oc1nonc1Cc1ccccc1. The monoisotopic (exact) mass is 297 g/mol. The molecule has 0 saturated heterocycles. The van der Waals surface area contributed by atoms with Gasteiger partial charge in [0.05, 0.1) is 0 Å². The fourth-order valence-electron chi connectivity index (χ4n) is 1.90. The van der Waals surface area contributed by atoms with Crippen LogP contribution >= 0.6 is 0 Å². The Balaban J connectivity index is 1.86. The predicted molar refractivity (Wildman–Crippen MR) is 74.8 cm³/mol. The van der Waals surface area contributed by atoms with Crippen LogP contribution in [0.15, 0.2) is 53.3 Å². The first-order valence-corrected chi connectivity index (χ1v) is 6.45. The topological polar surface area (TPSA) is 98.3 Å². The van der Waals surface area contributed by atoms with E-state index in [1.807, 2.05) is 30.3 Å². The van der Waals surface area contributed by atoms with Crippen molar-refractivity contribution in [3.05, 3.63) is 65.5 Å². The van der Waals surface area contributed by atoms with Gasteiger partial charge in [0.25, 0.3) is 5.88 Å². The molecule has 0 radical (unpaired) electrons. The van der Waals surface area contributed by atoms with Gasteiger partial charge in [-0.2, -0.15) is 0 Å². The molecule has 0 aliphatic heterocycles. The Hall–Kier alpha value is -3.22. The third-order valence-electron chi connectivity index (χ3n) is 2.93. The van der Waals surface area contributed by atoms with Gasteiger partial charge in [0.1, 0.15) is 5.56 Å². The third kappa shape index (κ3) is 2.93. The van der Waals surface area contributed by atoms with Gasteiger partial charge in [-0.25, -0.2) is 14.4 Å². The summed E-state index contributed by atoms with van der Waals surface area (Å²) in [5, 5.41) is 16.6. The number of hydrogen-bond donors (Lipinski definition) is 1. The number of rotatable bonds is 5.